The van der Waals surface area contributed by atoms with Crippen molar-refractivity contribution in [2.45, 2.75) is 6.92 Å². The van der Waals surface area contributed by atoms with Gasteiger partial charge in [0.05, 0.1) is 16.8 Å². The summed E-state index contributed by atoms with van der Waals surface area (Å²) < 4.78 is 1.48. The van der Waals surface area contributed by atoms with Crippen LogP contribution < -0.4 is 17.2 Å². The smallest absolute Gasteiger partial charge is 0.254 e. The third kappa shape index (κ3) is 2.41. The van der Waals surface area contributed by atoms with Gasteiger partial charge in [0.25, 0.3) is 11.8 Å². The minimum atomic E-state index is -0.765. The fourth-order valence-electron chi connectivity index (χ4n) is 3.26. The van der Waals surface area contributed by atoms with Gasteiger partial charge >= 0.3 is 0 Å². The molecule has 0 saturated heterocycles. The van der Waals surface area contributed by atoms with Gasteiger partial charge in [0.15, 0.2) is 5.65 Å². The number of aryl methyl sites for hydroxylation is 1. The zero-order valence-electron chi connectivity index (χ0n) is 14.8. The lowest BCUT2D eigenvalue weighted by Crippen LogP contribution is -2.14. The zero-order chi connectivity index (χ0) is 20.2. The Morgan fingerprint density at radius 2 is 1.79 bits per heavy atom. The van der Waals surface area contributed by atoms with Crippen LogP contribution in [-0.4, -0.2) is 31.5 Å². The molecule has 28 heavy (non-hydrogen) atoms. The molecule has 9 nitrogen and oxygen atoms in total. The molecule has 2 aromatic heterocycles. The number of benzene rings is 2. The topological polar surface area (TPSA) is 163 Å². The molecule has 0 saturated carbocycles. The minimum Gasteiger partial charge on any atom is -0.508 e. The number of phenols is 1. The van der Waals surface area contributed by atoms with Gasteiger partial charge in [-0.2, -0.15) is 0 Å². The van der Waals surface area contributed by atoms with E-state index in [1.54, 1.807) is 18.2 Å². The molecule has 2 amide bonds. The number of anilines is 1. The van der Waals surface area contributed by atoms with Gasteiger partial charge in [-0.3, -0.25) is 14.2 Å². The average molecular weight is 376 g/mol. The van der Waals surface area contributed by atoms with Gasteiger partial charge in [0.2, 0.25) is 0 Å². The van der Waals surface area contributed by atoms with E-state index < -0.39 is 11.8 Å². The quantitative estimate of drug-likeness (QED) is 0.422. The minimum absolute atomic E-state index is 0.00838. The van der Waals surface area contributed by atoms with Crippen molar-refractivity contribution in [1.29, 1.82) is 0 Å². The molecule has 4 aromatic rings. The molecule has 7 N–H and O–H groups in total. The van der Waals surface area contributed by atoms with Crippen LogP contribution in [-0.2, 0) is 0 Å². The van der Waals surface area contributed by atoms with Crippen LogP contribution in [0.2, 0.25) is 0 Å². The number of aromatic nitrogens is 3. The Balaban J connectivity index is 2.22. The first-order chi connectivity index (χ1) is 13.3. The first-order valence-electron chi connectivity index (χ1n) is 8.30. The molecule has 4 rings (SSSR count). The highest BCUT2D eigenvalue weighted by atomic mass is 16.3. The van der Waals surface area contributed by atoms with Crippen LogP contribution in [0.4, 0.5) is 5.82 Å². The lowest BCUT2D eigenvalue weighted by molar-refractivity contribution is 0.0993. The van der Waals surface area contributed by atoms with Gasteiger partial charge in [-0.15, -0.1) is 0 Å². The molecule has 0 atom stereocenters. The number of para-hydroxylation sites is 1. The molecule has 140 valence electrons. The van der Waals surface area contributed by atoms with Crippen LogP contribution in [0.5, 0.6) is 5.75 Å². The molecule has 0 aliphatic rings. The summed E-state index contributed by atoms with van der Waals surface area (Å²) in [5, 5.41) is 9.92. The number of amides is 2. The van der Waals surface area contributed by atoms with E-state index in [1.807, 2.05) is 6.92 Å². The molecule has 0 bridgehead atoms. The summed E-state index contributed by atoms with van der Waals surface area (Å²) in [6, 6.07) is 9.52. The van der Waals surface area contributed by atoms with Gasteiger partial charge in [-0.25, -0.2) is 9.97 Å². The number of phenolic OH excluding ortho intramolecular Hbond substituents is 1. The third-order valence-electron chi connectivity index (χ3n) is 4.57. The van der Waals surface area contributed by atoms with Crippen LogP contribution in [0.3, 0.4) is 0 Å². The molecule has 2 heterocycles. The summed E-state index contributed by atoms with van der Waals surface area (Å²) >= 11 is 0. The summed E-state index contributed by atoms with van der Waals surface area (Å²) in [6.07, 6.45) is 0. The van der Waals surface area contributed by atoms with Gasteiger partial charge < -0.3 is 22.3 Å². The van der Waals surface area contributed by atoms with E-state index in [1.165, 1.54) is 22.8 Å². The predicted molar refractivity (Wildman–Crippen MR) is 104 cm³/mol. The Labute approximate surface area is 158 Å². The molecule has 2 aromatic carbocycles. The normalized spacial score (nSPS) is 11.2. The highest BCUT2D eigenvalue weighted by Gasteiger charge is 2.25. The van der Waals surface area contributed by atoms with E-state index in [0.717, 1.165) is 5.56 Å². The van der Waals surface area contributed by atoms with Crippen molar-refractivity contribution >= 4 is 39.8 Å². The van der Waals surface area contributed by atoms with Crippen molar-refractivity contribution in [3.63, 3.8) is 0 Å². The molecule has 0 spiro atoms. The van der Waals surface area contributed by atoms with Crippen molar-refractivity contribution in [2.75, 3.05) is 5.73 Å². The average Bonchev–Trinajstić information content (AvgIpc) is 2.92. The molecule has 0 unspecified atom stereocenters. The number of hydrogen-bond donors (Lipinski definition) is 4. The number of carbonyl (C=O) groups excluding carboxylic acids is 2. The maximum absolute atomic E-state index is 12.1. The molecule has 0 aliphatic carbocycles. The van der Waals surface area contributed by atoms with Crippen LogP contribution in [0.25, 0.3) is 27.9 Å². The highest BCUT2D eigenvalue weighted by Crippen LogP contribution is 2.33. The number of carbonyl (C=O) groups is 2. The van der Waals surface area contributed by atoms with Crippen molar-refractivity contribution in [2.24, 2.45) is 11.5 Å². The first kappa shape index (κ1) is 17.3. The predicted octanol–water partition coefficient (Wildman–Crippen LogP) is 1.37. The van der Waals surface area contributed by atoms with Crippen LogP contribution in [0, 0.1) is 6.92 Å². The summed E-state index contributed by atoms with van der Waals surface area (Å²) in [5.41, 5.74) is 19.8. The number of nitrogen functional groups attached to an aromatic ring is 1. The number of hydrogen-bond acceptors (Lipinski definition) is 6. The van der Waals surface area contributed by atoms with E-state index in [9.17, 15) is 14.7 Å². The molecule has 0 fully saturated rings. The summed E-state index contributed by atoms with van der Waals surface area (Å²) in [5.74, 6) is -1.38. The Morgan fingerprint density at radius 3 is 2.46 bits per heavy atom. The Kier molecular flexibility index (Phi) is 3.67. The van der Waals surface area contributed by atoms with E-state index in [0.29, 0.717) is 11.2 Å². The fourth-order valence-corrected chi connectivity index (χ4v) is 3.26. The number of nitrogens with two attached hydrogens (primary N) is 3. The van der Waals surface area contributed by atoms with Gasteiger partial charge in [0.1, 0.15) is 28.2 Å². The monoisotopic (exact) mass is 376 g/mol. The standard InChI is InChI=1S/C19H16N6O3/c1-8-5-6-9(26)7-12(8)25-16(20)13(18(22)28)15-19(25)24-14-10(17(21)27)3-2-4-11(14)23-15/h2-7,26H,20H2,1H3,(H2,21,27)(H2,22,28). The number of primary amides is 2. The van der Waals surface area contributed by atoms with Gasteiger partial charge in [-0.1, -0.05) is 12.1 Å². The van der Waals surface area contributed by atoms with Crippen molar-refractivity contribution in [1.82, 2.24) is 14.5 Å². The first-order valence-corrected chi connectivity index (χ1v) is 8.30. The van der Waals surface area contributed by atoms with Gasteiger partial charge in [-0.05, 0) is 30.7 Å². The molecular formula is C19H16N6O3. The van der Waals surface area contributed by atoms with E-state index in [-0.39, 0.29) is 39.4 Å². The van der Waals surface area contributed by atoms with E-state index >= 15 is 0 Å². The van der Waals surface area contributed by atoms with Crippen molar-refractivity contribution in [3.05, 3.63) is 53.1 Å². The highest BCUT2D eigenvalue weighted by molar-refractivity contribution is 6.12. The second kappa shape index (κ2) is 5.95. The number of nitrogens with zero attached hydrogens (tertiary/aromatic N) is 3. The lowest BCUT2D eigenvalue weighted by atomic mass is 10.1. The van der Waals surface area contributed by atoms with Crippen LogP contribution in [0.15, 0.2) is 36.4 Å². The summed E-state index contributed by atoms with van der Waals surface area (Å²) in [4.78, 5) is 32.9. The number of aromatic hydroxyl groups is 1. The van der Waals surface area contributed by atoms with Crippen LogP contribution in [0.1, 0.15) is 26.3 Å². The van der Waals surface area contributed by atoms with Crippen LogP contribution >= 0.6 is 0 Å². The largest absolute Gasteiger partial charge is 0.508 e. The second-order valence-electron chi connectivity index (χ2n) is 6.36. The Hall–Kier alpha value is -4.14. The maximum Gasteiger partial charge on any atom is 0.254 e. The number of rotatable bonds is 3. The van der Waals surface area contributed by atoms with Crippen molar-refractivity contribution < 1.29 is 14.7 Å². The van der Waals surface area contributed by atoms with Gasteiger partial charge in [0, 0.05) is 6.07 Å². The maximum atomic E-state index is 12.1. The second-order valence-corrected chi connectivity index (χ2v) is 6.36. The number of fused-ring (bicyclic) bond motifs is 2. The van der Waals surface area contributed by atoms with E-state index in [4.69, 9.17) is 17.2 Å². The van der Waals surface area contributed by atoms with Crippen molar-refractivity contribution in [3.8, 4) is 11.4 Å². The summed E-state index contributed by atoms with van der Waals surface area (Å²) in [6.45, 7) is 1.81. The molecule has 0 radical (unpaired) electrons. The Bertz CT molecular complexity index is 1310. The molecular weight excluding hydrogens is 360 g/mol. The molecule has 0 aliphatic heterocycles. The Morgan fingerprint density at radius 1 is 1.04 bits per heavy atom. The SMILES string of the molecule is Cc1ccc(O)cc1-n1c(N)c(C(N)=O)c2nc3cccc(C(N)=O)c3nc21. The third-order valence-corrected chi connectivity index (χ3v) is 4.57. The zero-order valence-corrected chi connectivity index (χ0v) is 14.8. The van der Waals surface area contributed by atoms with E-state index in [2.05, 4.69) is 9.97 Å². The molecule has 9 heteroatoms. The lowest BCUT2D eigenvalue weighted by Gasteiger charge is -2.11. The fraction of sp³-hybridized carbons (Fsp3) is 0.0526. The summed E-state index contributed by atoms with van der Waals surface area (Å²) in [7, 11) is 0.